The smallest absolute Gasteiger partial charge is 0.147 e. The van der Waals surface area contributed by atoms with Crippen LogP contribution < -0.4 is 0 Å². The lowest BCUT2D eigenvalue weighted by molar-refractivity contribution is -0.119. The van der Waals surface area contributed by atoms with Gasteiger partial charge in [0.25, 0.3) is 0 Å². The minimum atomic E-state index is 0.129. The van der Waals surface area contributed by atoms with Gasteiger partial charge in [-0.2, -0.15) is 16.9 Å². The summed E-state index contributed by atoms with van der Waals surface area (Å²) in [5.41, 5.74) is 1.87. The van der Waals surface area contributed by atoms with Crippen molar-refractivity contribution in [1.29, 1.82) is 0 Å². The van der Waals surface area contributed by atoms with Crippen LogP contribution in [0.4, 0.5) is 0 Å². The summed E-state index contributed by atoms with van der Waals surface area (Å²) in [4.78, 5) is 11.6. The third-order valence-electron chi connectivity index (χ3n) is 2.91. The number of Topliss-reactive ketones (excluding diaryl/α,β-unsaturated/α-hetero) is 1. The average molecular weight is 259 g/mol. The van der Waals surface area contributed by atoms with Crippen molar-refractivity contribution in [3.63, 3.8) is 0 Å². The first-order valence-electron chi connectivity index (χ1n) is 5.45. The van der Waals surface area contributed by atoms with Crippen LogP contribution in [-0.2, 0) is 17.8 Å². The lowest BCUT2D eigenvalue weighted by Gasteiger charge is -2.09. The van der Waals surface area contributed by atoms with Crippen molar-refractivity contribution in [2.24, 2.45) is 5.92 Å². The second-order valence-electron chi connectivity index (χ2n) is 4.04. The monoisotopic (exact) mass is 258 g/mol. The summed E-state index contributed by atoms with van der Waals surface area (Å²) in [5.74, 6) is 2.05. The van der Waals surface area contributed by atoms with Gasteiger partial charge in [0.2, 0.25) is 0 Å². The van der Waals surface area contributed by atoms with Crippen LogP contribution in [0.1, 0.15) is 18.3 Å². The van der Waals surface area contributed by atoms with Crippen molar-refractivity contribution in [3.05, 3.63) is 16.4 Å². The third kappa shape index (κ3) is 2.13. The number of halogens is 1. The second-order valence-corrected chi connectivity index (χ2v) is 5.45. The molecule has 5 heteroatoms. The fourth-order valence-corrected chi connectivity index (χ4v) is 3.34. The van der Waals surface area contributed by atoms with E-state index in [1.807, 2.05) is 18.5 Å². The number of thioether (sulfide) groups is 1. The highest BCUT2D eigenvalue weighted by atomic mass is 35.5. The molecule has 0 aromatic carbocycles. The molecule has 88 valence electrons. The molecule has 0 bridgehead atoms. The Balaban J connectivity index is 2.23. The highest BCUT2D eigenvalue weighted by Crippen LogP contribution is 2.28. The van der Waals surface area contributed by atoms with Gasteiger partial charge in [-0.05, 0) is 13.8 Å². The summed E-state index contributed by atoms with van der Waals surface area (Å²) in [6, 6.07) is 0. The zero-order valence-corrected chi connectivity index (χ0v) is 11.1. The summed E-state index contributed by atoms with van der Waals surface area (Å²) in [7, 11) is 0. The number of aryl methyl sites for hydroxylation is 2. The molecule has 1 aromatic rings. The summed E-state index contributed by atoms with van der Waals surface area (Å²) in [6.45, 7) is 4.75. The van der Waals surface area contributed by atoms with E-state index in [0.717, 1.165) is 35.1 Å². The molecular weight excluding hydrogens is 244 g/mol. The van der Waals surface area contributed by atoms with E-state index >= 15 is 0 Å². The zero-order chi connectivity index (χ0) is 11.7. The summed E-state index contributed by atoms with van der Waals surface area (Å²) in [5, 5.41) is 5.09. The molecule has 1 fully saturated rings. The SMILES string of the molecule is CCn1nc(C)c(Cl)c1CC1CSCC1=O. The van der Waals surface area contributed by atoms with E-state index < -0.39 is 0 Å². The molecule has 2 rings (SSSR count). The van der Waals surface area contributed by atoms with E-state index in [4.69, 9.17) is 11.6 Å². The van der Waals surface area contributed by atoms with Crippen molar-refractivity contribution in [2.75, 3.05) is 11.5 Å². The normalized spacial score (nSPS) is 20.7. The highest BCUT2D eigenvalue weighted by molar-refractivity contribution is 8.00. The van der Waals surface area contributed by atoms with Crippen LogP contribution in [0, 0.1) is 12.8 Å². The highest BCUT2D eigenvalue weighted by Gasteiger charge is 2.27. The van der Waals surface area contributed by atoms with Crippen LogP contribution in [0.2, 0.25) is 5.02 Å². The number of aromatic nitrogens is 2. The van der Waals surface area contributed by atoms with Crippen molar-refractivity contribution >= 4 is 29.1 Å². The second kappa shape index (κ2) is 4.80. The van der Waals surface area contributed by atoms with Crippen LogP contribution in [-0.4, -0.2) is 27.1 Å². The molecule has 1 aromatic heterocycles. The number of carbonyl (C=O) groups excluding carboxylic acids is 1. The van der Waals surface area contributed by atoms with Gasteiger partial charge in [-0.1, -0.05) is 11.6 Å². The average Bonchev–Trinajstić information content (AvgIpc) is 2.78. The van der Waals surface area contributed by atoms with Crippen LogP contribution in [0.5, 0.6) is 0 Å². The zero-order valence-electron chi connectivity index (χ0n) is 9.49. The van der Waals surface area contributed by atoms with Crippen LogP contribution in [0.3, 0.4) is 0 Å². The van der Waals surface area contributed by atoms with Gasteiger partial charge in [0.15, 0.2) is 0 Å². The molecule has 1 aliphatic heterocycles. The van der Waals surface area contributed by atoms with Gasteiger partial charge in [0, 0.05) is 24.6 Å². The van der Waals surface area contributed by atoms with E-state index in [1.54, 1.807) is 11.8 Å². The van der Waals surface area contributed by atoms with Crippen LogP contribution in [0.25, 0.3) is 0 Å². The largest absolute Gasteiger partial charge is 0.298 e. The van der Waals surface area contributed by atoms with Crippen molar-refractivity contribution in [1.82, 2.24) is 9.78 Å². The van der Waals surface area contributed by atoms with Crippen LogP contribution >= 0.6 is 23.4 Å². The van der Waals surface area contributed by atoms with Gasteiger partial charge in [0.05, 0.1) is 22.2 Å². The summed E-state index contributed by atoms with van der Waals surface area (Å²) < 4.78 is 1.91. The van der Waals surface area contributed by atoms with Gasteiger partial charge < -0.3 is 0 Å². The maximum Gasteiger partial charge on any atom is 0.147 e. The van der Waals surface area contributed by atoms with E-state index in [0.29, 0.717) is 11.5 Å². The first-order chi connectivity index (χ1) is 7.63. The van der Waals surface area contributed by atoms with Gasteiger partial charge in [0.1, 0.15) is 5.78 Å². The predicted octanol–water partition coefficient (Wildman–Crippen LogP) is 2.34. The number of ketones is 1. The predicted molar refractivity (Wildman–Crippen MR) is 67.2 cm³/mol. The third-order valence-corrected chi connectivity index (χ3v) is 4.53. The van der Waals surface area contributed by atoms with Crippen molar-refractivity contribution in [3.8, 4) is 0 Å². The number of hydrogen-bond donors (Lipinski definition) is 0. The number of carbonyl (C=O) groups is 1. The quantitative estimate of drug-likeness (QED) is 0.835. The number of nitrogens with zero attached hydrogens (tertiary/aromatic N) is 2. The molecule has 0 amide bonds. The maximum atomic E-state index is 11.6. The van der Waals surface area contributed by atoms with E-state index in [9.17, 15) is 4.79 Å². The van der Waals surface area contributed by atoms with E-state index in [2.05, 4.69) is 5.10 Å². The Morgan fingerprint density at radius 2 is 2.38 bits per heavy atom. The Labute approximate surface area is 105 Å². The Morgan fingerprint density at radius 1 is 1.62 bits per heavy atom. The summed E-state index contributed by atoms with van der Waals surface area (Å²) >= 11 is 7.93. The van der Waals surface area contributed by atoms with E-state index in [-0.39, 0.29) is 5.92 Å². The van der Waals surface area contributed by atoms with Crippen molar-refractivity contribution < 1.29 is 4.79 Å². The molecular formula is C11H15ClN2OS. The Kier molecular flexibility index (Phi) is 3.60. The molecule has 1 saturated heterocycles. The first kappa shape index (κ1) is 12.0. The lowest BCUT2D eigenvalue weighted by Crippen LogP contribution is -2.17. The lowest BCUT2D eigenvalue weighted by atomic mass is 10.0. The standard InChI is InChI=1S/C11H15ClN2OS/c1-3-14-9(11(12)7(2)13-14)4-8-5-16-6-10(8)15/h8H,3-6H2,1-2H3. The minimum absolute atomic E-state index is 0.129. The first-order valence-corrected chi connectivity index (χ1v) is 6.99. The molecule has 2 heterocycles. The van der Waals surface area contributed by atoms with E-state index in [1.165, 1.54) is 0 Å². The number of rotatable bonds is 3. The molecule has 0 N–H and O–H groups in total. The molecule has 1 atom stereocenters. The topological polar surface area (TPSA) is 34.9 Å². The molecule has 0 aliphatic carbocycles. The molecule has 1 unspecified atom stereocenters. The van der Waals surface area contributed by atoms with Gasteiger partial charge in [-0.15, -0.1) is 0 Å². The minimum Gasteiger partial charge on any atom is -0.298 e. The van der Waals surface area contributed by atoms with Gasteiger partial charge in [-0.3, -0.25) is 9.48 Å². The fourth-order valence-electron chi connectivity index (χ4n) is 1.98. The van der Waals surface area contributed by atoms with Gasteiger partial charge >= 0.3 is 0 Å². The summed E-state index contributed by atoms with van der Waals surface area (Å²) in [6.07, 6.45) is 0.735. The molecule has 1 aliphatic rings. The molecule has 0 spiro atoms. The molecule has 0 saturated carbocycles. The van der Waals surface area contributed by atoms with Crippen molar-refractivity contribution in [2.45, 2.75) is 26.8 Å². The maximum absolute atomic E-state index is 11.6. The Hall–Kier alpha value is -0.480. The Bertz CT molecular complexity index is 416. The van der Waals surface area contributed by atoms with Crippen LogP contribution in [0.15, 0.2) is 0 Å². The fraction of sp³-hybridized carbons (Fsp3) is 0.636. The molecule has 16 heavy (non-hydrogen) atoms. The molecule has 3 nitrogen and oxygen atoms in total. The Morgan fingerprint density at radius 3 is 2.94 bits per heavy atom. The molecule has 0 radical (unpaired) electrons. The number of hydrogen-bond acceptors (Lipinski definition) is 3. The van der Waals surface area contributed by atoms with Gasteiger partial charge in [-0.25, -0.2) is 0 Å².